The zero-order valence-electron chi connectivity index (χ0n) is 14.7. The fraction of sp³-hybridized carbons (Fsp3) is 0.222. The number of rotatable bonds is 6. The highest BCUT2D eigenvalue weighted by Gasteiger charge is 2.22. The van der Waals surface area contributed by atoms with Crippen LogP contribution in [0.2, 0.25) is 5.02 Å². The molecule has 0 atom stereocenters. The first-order chi connectivity index (χ1) is 12.2. The van der Waals surface area contributed by atoms with Gasteiger partial charge >= 0.3 is 0 Å². The minimum absolute atomic E-state index is 0.382. The Morgan fingerprint density at radius 3 is 2.42 bits per heavy atom. The first kappa shape index (κ1) is 19.9. The summed E-state index contributed by atoms with van der Waals surface area (Å²) in [6, 6.07) is 12.4. The normalized spacial score (nSPS) is 11.5. The van der Waals surface area contributed by atoms with Crippen molar-refractivity contribution in [2.24, 2.45) is 5.10 Å². The van der Waals surface area contributed by atoms with Crippen LogP contribution < -0.4 is 9.73 Å². The molecule has 2 rings (SSSR count). The van der Waals surface area contributed by atoms with E-state index in [2.05, 4.69) is 10.5 Å². The summed E-state index contributed by atoms with van der Waals surface area (Å²) in [5, 5.41) is 4.36. The van der Waals surface area contributed by atoms with Crippen molar-refractivity contribution < 1.29 is 13.2 Å². The Hall–Kier alpha value is -2.38. The summed E-state index contributed by atoms with van der Waals surface area (Å²) in [7, 11) is -3.65. The monoisotopic (exact) mass is 393 g/mol. The molecule has 0 aliphatic carbocycles. The second-order valence-electron chi connectivity index (χ2n) is 5.90. The van der Waals surface area contributed by atoms with Gasteiger partial charge in [-0.3, -0.25) is 9.10 Å². The van der Waals surface area contributed by atoms with Gasteiger partial charge in [-0.1, -0.05) is 41.4 Å². The summed E-state index contributed by atoms with van der Waals surface area (Å²) < 4.78 is 25.2. The third-order valence-electron chi connectivity index (χ3n) is 3.60. The van der Waals surface area contributed by atoms with Crippen LogP contribution >= 0.6 is 11.6 Å². The lowest BCUT2D eigenvalue weighted by Crippen LogP contribution is -2.39. The minimum atomic E-state index is -3.65. The lowest BCUT2D eigenvalue weighted by molar-refractivity contribution is -0.119. The number of aryl methyl sites for hydroxylation is 2. The van der Waals surface area contributed by atoms with Gasteiger partial charge in [-0.15, -0.1) is 0 Å². The number of hydrogen-bond acceptors (Lipinski definition) is 4. The fourth-order valence-electron chi connectivity index (χ4n) is 2.28. The number of anilines is 1. The van der Waals surface area contributed by atoms with Gasteiger partial charge in [0.05, 0.1) is 18.2 Å². The number of nitrogens with zero attached hydrogens (tertiary/aromatic N) is 2. The van der Waals surface area contributed by atoms with Gasteiger partial charge < -0.3 is 0 Å². The Labute approximate surface area is 158 Å². The molecule has 0 aromatic heterocycles. The van der Waals surface area contributed by atoms with Crippen molar-refractivity contribution in [2.75, 3.05) is 17.1 Å². The van der Waals surface area contributed by atoms with E-state index in [-0.39, 0.29) is 6.54 Å². The van der Waals surface area contributed by atoms with Crippen molar-refractivity contribution in [3.63, 3.8) is 0 Å². The largest absolute Gasteiger partial charge is 0.271 e. The maximum Gasteiger partial charge on any atom is 0.260 e. The van der Waals surface area contributed by atoms with Crippen LogP contribution in [0.3, 0.4) is 0 Å². The molecule has 2 aromatic carbocycles. The Morgan fingerprint density at radius 2 is 1.85 bits per heavy atom. The molecule has 138 valence electrons. The lowest BCUT2D eigenvalue weighted by Gasteiger charge is -2.23. The molecular weight excluding hydrogens is 374 g/mol. The van der Waals surface area contributed by atoms with Crippen LogP contribution in [0.4, 0.5) is 5.69 Å². The first-order valence-corrected chi connectivity index (χ1v) is 10.0. The van der Waals surface area contributed by atoms with Crippen LogP contribution in [0.15, 0.2) is 47.6 Å². The van der Waals surface area contributed by atoms with Crippen molar-refractivity contribution >= 4 is 39.4 Å². The van der Waals surface area contributed by atoms with E-state index in [4.69, 9.17) is 11.6 Å². The molecular formula is C18H20ClN3O3S. The summed E-state index contributed by atoms with van der Waals surface area (Å²) in [6.45, 7) is 3.32. The Kier molecular flexibility index (Phi) is 6.39. The van der Waals surface area contributed by atoms with Gasteiger partial charge in [0.1, 0.15) is 6.54 Å². The van der Waals surface area contributed by atoms with Crippen LogP contribution in [0.1, 0.15) is 16.7 Å². The van der Waals surface area contributed by atoms with Gasteiger partial charge in [-0.2, -0.15) is 5.10 Å². The summed E-state index contributed by atoms with van der Waals surface area (Å²) in [4.78, 5) is 12.1. The molecule has 0 unspecified atom stereocenters. The van der Waals surface area contributed by atoms with Gasteiger partial charge in [0.25, 0.3) is 5.91 Å². The fourth-order valence-corrected chi connectivity index (χ4v) is 3.42. The summed E-state index contributed by atoms with van der Waals surface area (Å²) >= 11 is 5.91. The molecule has 0 saturated heterocycles. The zero-order valence-corrected chi connectivity index (χ0v) is 16.3. The van der Waals surface area contributed by atoms with E-state index in [0.29, 0.717) is 16.3 Å². The molecule has 0 spiro atoms. The molecule has 1 amide bonds. The number of halogens is 1. The van der Waals surface area contributed by atoms with E-state index in [0.717, 1.165) is 21.7 Å². The summed E-state index contributed by atoms with van der Waals surface area (Å²) in [5.74, 6) is -0.548. The molecule has 26 heavy (non-hydrogen) atoms. The number of hydrogen-bond donors (Lipinski definition) is 1. The predicted octanol–water partition coefficient (Wildman–Crippen LogP) is 2.87. The lowest BCUT2D eigenvalue weighted by atomic mass is 10.2. The van der Waals surface area contributed by atoms with Crippen LogP contribution in [0.25, 0.3) is 0 Å². The summed E-state index contributed by atoms with van der Waals surface area (Å²) in [5.41, 5.74) is 5.34. The second-order valence-corrected chi connectivity index (χ2v) is 8.25. The number of sulfonamides is 1. The van der Waals surface area contributed by atoms with Crippen LogP contribution in [-0.2, 0) is 14.8 Å². The Balaban J connectivity index is 2.11. The molecule has 0 heterocycles. The second kappa shape index (κ2) is 8.33. The minimum Gasteiger partial charge on any atom is -0.271 e. The average molecular weight is 394 g/mol. The molecule has 6 nitrogen and oxygen atoms in total. The van der Waals surface area contributed by atoms with Gasteiger partial charge in [0.15, 0.2) is 0 Å². The molecule has 0 saturated carbocycles. The third kappa shape index (κ3) is 5.57. The van der Waals surface area contributed by atoms with Crippen molar-refractivity contribution in [1.29, 1.82) is 0 Å². The number of nitrogens with one attached hydrogen (secondary N) is 1. The van der Waals surface area contributed by atoms with Crippen molar-refractivity contribution in [3.8, 4) is 0 Å². The van der Waals surface area contributed by atoms with Crippen molar-refractivity contribution in [1.82, 2.24) is 5.43 Å². The van der Waals surface area contributed by atoms with E-state index in [1.54, 1.807) is 25.1 Å². The van der Waals surface area contributed by atoms with Gasteiger partial charge in [0.2, 0.25) is 10.0 Å². The molecule has 2 aromatic rings. The average Bonchev–Trinajstić information content (AvgIpc) is 2.54. The molecule has 0 fully saturated rings. The molecule has 0 radical (unpaired) electrons. The molecule has 0 bridgehead atoms. The quantitative estimate of drug-likeness (QED) is 0.605. The molecule has 0 aliphatic rings. The smallest absolute Gasteiger partial charge is 0.260 e. The zero-order chi connectivity index (χ0) is 19.3. The summed E-state index contributed by atoms with van der Waals surface area (Å²) in [6.07, 6.45) is 2.54. The Bertz CT molecular complexity index is 925. The SMILES string of the molecule is Cc1ccc(/C=N\NC(=O)CN(c2ccc(Cl)cc2C)S(C)(=O)=O)cc1. The highest BCUT2D eigenvalue weighted by atomic mass is 35.5. The van der Waals surface area contributed by atoms with Gasteiger partial charge in [-0.05, 0) is 43.2 Å². The van der Waals surface area contributed by atoms with E-state index < -0.39 is 15.9 Å². The van der Waals surface area contributed by atoms with E-state index in [1.807, 2.05) is 31.2 Å². The van der Waals surface area contributed by atoms with E-state index in [9.17, 15) is 13.2 Å². The van der Waals surface area contributed by atoms with Crippen molar-refractivity contribution in [3.05, 3.63) is 64.2 Å². The first-order valence-electron chi connectivity index (χ1n) is 7.79. The van der Waals surface area contributed by atoms with Gasteiger partial charge in [0, 0.05) is 5.02 Å². The molecule has 0 aliphatic heterocycles. The number of amides is 1. The van der Waals surface area contributed by atoms with Crippen LogP contribution in [0, 0.1) is 13.8 Å². The number of benzene rings is 2. The maximum atomic E-state index is 12.1. The van der Waals surface area contributed by atoms with Crippen LogP contribution in [0.5, 0.6) is 0 Å². The third-order valence-corrected chi connectivity index (χ3v) is 4.96. The number of hydrazone groups is 1. The molecule has 1 N–H and O–H groups in total. The maximum absolute atomic E-state index is 12.1. The van der Waals surface area contributed by atoms with Crippen LogP contribution in [-0.4, -0.2) is 33.3 Å². The number of carbonyl (C=O) groups excluding carboxylic acids is 1. The molecule has 8 heteroatoms. The highest BCUT2D eigenvalue weighted by Crippen LogP contribution is 2.25. The van der Waals surface area contributed by atoms with Gasteiger partial charge in [-0.25, -0.2) is 13.8 Å². The van der Waals surface area contributed by atoms with E-state index >= 15 is 0 Å². The number of carbonyl (C=O) groups is 1. The van der Waals surface area contributed by atoms with E-state index in [1.165, 1.54) is 6.21 Å². The highest BCUT2D eigenvalue weighted by molar-refractivity contribution is 7.92. The predicted molar refractivity (Wildman–Crippen MR) is 105 cm³/mol. The van der Waals surface area contributed by atoms with Crippen molar-refractivity contribution in [2.45, 2.75) is 13.8 Å². The standard InChI is InChI=1S/C18H20ClN3O3S/c1-13-4-6-15(7-5-13)11-20-21-18(23)12-22(26(3,24)25)17-9-8-16(19)10-14(17)2/h4-11H,12H2,1-3H3,(H,21,23)/b20-11-. The Morgan fingerprint density at radius 1 is 1.19 bits per heavy atom. The topological polar surface area (TPSA) is 78.8 Å².